The third-order valence-corrected chi connectivity index (χ3v) is 2.68. The third-order valence-electron chi connectivity index (χ3n) is 2.68. The molecule has 0 saturated carbocycles. The lowest BCUT2D eigenvalue weighted by Crippen LogP contribution is -2.20. The Balaban J connectivity index is 2.64. The molecule has 0 spiro atoms. The quantitative estimate of drug-likeness (QED) is 0.739. The number of hydrogen-bond donors (Lipinski definition) is 1. The van der Waals surface area contributed by atoms with Crippen molar-refractivity contribution in [3.63, 3.8) is 0 Å². The molecule has 0 amide bonds. The summed E-state index contributed by atoms with van der Waals surface area (Å²) in [5.74, 6) is 0.607. The highest BCUT2D eigenvalue weighted by atomic mass is 19.3. The highest BCUT2D eigenvalue weighted by molar-refractivity contribution is 5.28. The molecular formula is C12H21F2N3O2. The van der Waals surface area contributed by atoms with Gasteiger partial charge in [-0.05, 0) is 20.3 Å². The van der Waals surface area contributed by atoms with Gasteiger partial charge in [0.15, 0.2) is 5.75 Å². The van der Waals surface area contributed by atoms with E-state index in [2.05, 4.69) is 5.10 Å². The number of nitrogens with two attached hydrogens (primary N) is 1. The molecule has 7 heteroatoms. The molecule has 1 atom stereocenters. The molecule has 0 saturated heterocycles. The Hall–Kier alpha value is -1.21. The van der Waals surface area contributed by atoms with Crippen LogP contribution in [0, 0.1) is 0 Å². The van der Waals surface area contributed by atoms with Crippen LogP contribution in [0.15, 0.2) is 6.20 Å². The molecule has 0 aliphatic carbocycles. The molecule has 1 aromatic heterocycles. The van der Waals surface area contributed by atoms with Gasteiger partial charge in [-0.25, -0.2) is 8.78 Å². The molecule has 1 unspecified atom stereocenters. The maximum atomic E-state index is 11.9. The zero-order valence-electron chi connectivity index (χ0n) is 11.5. The van der Waals surface area contributed by atoms with Gasteiger partial charge in [-0.15, -0.1) is 0 Å². The number of hydrogen-bond acceptors (Lipinski definition) is 4. The number of methoxy groups -OCH3 is 1. The van der Waals surface area contributed by atoms with E-state index in [9.17, 15) is 8.78 Å². The van der Waals surface area contributed by atoms with Crippen LogP contribution in [0.2, 0.25) is 0 Å². The van der Waals surface area contributed by atoms with Crippen molar-refractivity contribution < 1.29 is 18.3 Å². The van der Waals surface area contributed by atoms with Crippen LogP contribution in [0.5, 0.6) is 5.75 Å². The number of halogens is 2. The number of alkyl halides is 2. The second-order valence-electron chi connectivity index (χ2n) is 4.50. The van der Waals surface area contributed by atoms with Gasteiger partial charge >= 0.3 is 0 Å². The lowest BCUT2D eigenvalue weighted by Gasteiger charge is -2.18. The van der Waals surface area contributed by atoms with Crippen molar-refractivity contribution in [2.45, 2.75) is 38.8 Å². The summed E-state index contributed by atoms with van der Waals surface area (Å²) in [6, 6.07) is -0.218. The van der Waals surface area contributed by atoms with Crippen molar-refractivity contribution in [1.29, 1.82) is 0 Å². The van der Waals surface area contributed by atoms with Gasteiger partial charge in [0.05, 0.1) is 25.0 Å². The van der Waals surface area contributed by atoms with Gasteiger partial charge in [0.25, 0.3) is 6.43 Å². The van der Waals surface area contributed by atoms with Gasteiger partial charge in [0, 0.05) is 12.6 Å². The Morgan fingerprint density at radius 3 is 2.63 bits per heavy atom. The number of nitrogens with zero attached hydrogens (tertiary/aromatic N) is 2. The molecule has 0 aliphatic rings. The topological polar surface area (TPSA) is 62.3 Å². The van der Waals surface area contributed by atoms with E-state index in [1.807, 2.05) is 13.8 Å². The maximum absolute atomic E-state index is 11.9. The highest BCUT2D eigenvalue weighted by Crippen LogP contribution is 2.27. The fraction of sp³-hybridized carbons (Fsp3) is 0.750. The Morgan fingerprint density at radius 1 is 1.42 bits per heavy atom. The SMILES string of the molecule is COc1cnn(C(C)C)c1C(N)CCOCC(F)F. The molecule has 1 rings (SSSR count). The second-order valence-corrected chi connectivity index (χ2v) is 4.50. The van der Waals surface area contributed by atoms with Crippen LogP contribution in [0.25, 0.3) is 0 Å². The molecule has 1 aromatic rings. The number of aromatic nitrogens is 2. The Kier molecular flexibility index (Phi) is 6.17. The lowest BCUT2D eigenvalue weighted by molar-refractivity contribution is 0.0150. The largest absolute Gasteiger partial charge is 0.493 e. The van der Waals surface area contributed by atoms with Gasteiger partial charge in [0.2, 0.25) is 0 Å². The van der Waals surface area contributed by atoms with Gasteiger partial charge in [0.1, 0.15) is 6.61 Å². The molecule has 5 nitrogen and oxygen atoms in total. The molecular weight excluding hydrogens is 256 g/mol. The average Bonchev–Trinajstić information content (AvgIpc) is 2.77. The zero-order valence-corrected chi connectivity index (χ0v) is 11.5. The molecule has 19 heavy (non-hydrogen) atoms. The van der Waals surface area contributed by atoms with Crippen LogP contribution >= 0.6 is 0 Å². The van der Waals surface area contributed by atoms with E-state index in [0.717, 1.165) is 5.69 Å². The molecule has 0 radical (unpaired) electrons. The normalized spacial score (nSPS) is 13.3. The molecule has 0 aromatic carbocycles. The smallest absolute Gasteiger partial charge is 0.261 e. The summed E-state index contributed by atoms with van der Waals surface area (Å²) in [4.78, 5) is 0. The molecule has 1 heterocycles. The van der Waals surface area contributed by atoms with E-state index in [4.69, 9.17) is 15.2 Å². The molecule has 2 N–H and O–H groups in total. The van der Waals surface area contributed by atoms with E-state index < -0.39 is 13.0 Å². The van der Waals surface area contributed by atoms with Crippen LogP contribution in [0.3, 0.4) is 0 Å². The summed E-state index contributed by atoms with van der Waals surface area (Å²) < 4.78 is 35.7. The first-order chi connectivity index (χ1) is 8.97. The van der Waals surface area contributed by atoms with E-state index >= 15 is 0 Å². The summed E-state index contributed by atoms with van der Waals surface area (Å²) in [6.07, 6.45) is -0.414. The maximum Gasteiger partial charge on any atom is 0.261 e. The minimum Gasteiger partial charge on any atom is -0.493 e. The number of ether oxygens (including phenoxy) is 2. The van der Waals surface area contributed by atoms with Gasteiger partial charge in [-0.2, -0.15) is 5.10 Å². The summed E-state index contributed by atoms with van der Waals surface area (Å²) >= 11 is 0. The van der Waals surface area contributed by atoms with Gasteiger partial charge in [-0.3, -0.25) is 4.68 Å². The first-order valence-corrected chi connectivity index (χ1v) is 6.20. The summed E-state index contributed by atoms with van der Waals surface area (Å²) in [5, 5.41) is 4.21. The van der Waals surface area contributed by atoms with Crippen molar-refractivity contribution in [3.05, 3.63) is 11.9 Å². The first kappa shape index (κ1) is 15.8. The van der Waals surface area contributed by atoms with Crippen molar-refractivity contribution >= 4 is 0 Å². The van der Waals surface area contributed by atoms with Gasteiger partial charge in [-0.1, -0.05) is 0 Å². The fourth-order valence-corrected chi connectivity index (χ4v) is 1.80. The summed E-state index contributed by atoms with van der Waals surface area (Å²) in [7, 11) is 1.55. The summed E-state index contributed by atoms with van der Waals surface area (Å²) in [5.41, 5.74) is 6.83. The number of rotatable bonds is 8. The van der Waals surface area contributed by atoms with Gasteiger partial charge < -0.3 is 15.2 Å². The predicted molar refractivity (Wildman–Crippen MR) is 67.5 cm³/mol. The monoisotopic (exact) mass is 277 g/mol. The van der Waals surface area contributed by atoms with Crippen LogP contribution in [-0.2, 0) is 4.74 Å². The van der Waals surface area contributed by atoms with E-state index in [0.29, 0.717) is 12.2 Å². The van der Waals surface area contributed by atoms with Crippen LogP contribution in [0.4, 0.5) is 8.78 Å². The van der Waals surface area contributed by atoms with E-state index in [1.54, 1.807) is 18.0 Å². The molecule has 0 aliphatic heterocycles. The lowest BCUT2D eigenvalue weighted by atomic mass is 10.1. The molecule has 0 fully saturated rings. The zero-order chi connectivity index (χ0) is 14.4. The Labute approximate surface area is 111 Å². The highest BCUT2D eigenvalue weighted by Gasteiger charge is 2.20. The summed E-state index contributed by atoms with van der Waals surface area (Å²) in [6.45, 7) is 3.58. The predicted octanol–water partition coefficient (Wildman–Crippen LogP) is 2.14. The minimum atomic E-state index is -2.45. The third kappa shape index (κ3) is 4.43. The second kappa shape index (κ2) is 7.40. The Morgan fingerprint density at radius 2 is 2.11 bits per heavy atom. The van der Waals surface area contributed by atoms with Crippen LogP contribution in [0.1, 0.15) is 38.0 Å². The van der Waals surface area contributed by atoms with Crippen molar-refractivity contribution in [3.8, 4) is 5.75 Å². The molecule has 110 valence electrons. The van der Waals surface area contributed by atoms with Crippen LogP contribution in [-0.4, -0.2) is 36.5 Å². The molecule has 0 bridgehead atoms. The van der Waals surface area contributed by atoms with E-state index in [-0.39, 0.29) is 18.7 Å². The first-order valence-electron chi connectivity index (χ1n) is 6.20. The van der Waals surface area contributed by atoms with Crippen molar-refractivity contribution in [2.75, 3.05) is 20.3 Å². The minimum absolute atomic E-state index is 0.145. The average molecular weight is 277 g/mol. The van der Waals surface area contributed by atoms with Crippen LogP contribution < -0.4 is 10.5 Å². The fourth-order valence-electron chi connectivity index (χ4n) is 1.80. The van der Waals surface area contributed by atoms with E-state index in [1.165, 1.54) is 0 Å². The Bertz CT molecular complexity index is 383. The standard InChI is InChI=1S/C12H21F2N3O2/c1-8(2)17-12(10(18-3)6-16-17)9(15)4-5-19-7-11(13)14/h6,8-9,11H,4-5,7,15H2,1-3H3. The van der Waals surface area contributed by atoms with Crippen molar-refractivity contribution in [1.82, 2.24) is 9.78 Å². The van der Waals surface area contributed by atoms with Crippen molar-refractivity contribution in [2.24, 2.45) is 5.73 Å².